The Kier molecular flexibility index (Phi) is 6.01. The summed E-state index contributed by atoms with van der Waals surface area (Å²) in [5, 5.41) is 4.06. The van der Waals surface area contributed by atoms with E-state index in [0.29, 0.717) is 5.75 Å². The van der Waals surface area contributed by atoms with Crippen molar-refractivity contribution in [3.63, 3.8) is 0 Å². The zero-order valence-electron chi connectivity index (χ0n) is 18.9. The van der Waals surface area contributed by atoms with Gasteiger partial charge in [0.1, 0.15) is 17.1 Å². The van der Waals surface area contributed by atoms with Crippen molar-refractivity contribution in [1.82, 2.24) is 19.5 Å². The van der Waals surface area contributed by atoms with Gasteiger partial charge in [0.25, 0.3) is 21.8 Å². The molecule has 0 saturated heterocycles. The summed E-state index contributed by atoms with van der Waals surface area (Å²) in [7, 11) is -4.25. The zero-order chi connectivity index (χ0) is 23.8. The van der Waals surface area contributed by atoms with E-state index in [9.17, 15) is 13.2 Å². The van der Waals surface area contributed by atoms with Gasteiger partial charge in [-0.3, -0.25) is 9.48 Å². The molecule has 0 radical (unpaired) electrons. The molecule has 0 unspecified atom stereocenters. The topological polar surface area (TPSA) is 129 Å². The van der Waals surface area contributed by atoms with Crippen LogP contribution in [-0.4, -0.2) is 29.1 Å². The second kappa shape index (κ2) is 8.27. The normalized spacial score (nSPS) is 11.9. The van der Waals surface area contributed by atoms with Gasteiger partial charge < -0.3 is 10.5 Å². The number of nitrogens with two attached hydrogens (primary N) is 1. The summed E-state index contributed by atoms with van der Waals surface area (Å²) in [5.41, 5.74) is 7.90. The van der Waals surface area contributed by atoms with Crippen LogP contribution in [0.2, 0.25) is 0 Å². The molecule has 0 bridgehead atoms. The zero-order valence-corrected chi connectivity index (χ0v) is 19.7. The number of rotatable bonds is 5. The molecule has 1 aromatic carbocycles. The van der Waals surface area contributed by atoms with E-state index in [1.54, 1.807) is 4.68 Å². The first-order valence-corrected chi connectivity index (χ1v) is 11.4. The third-order valence-electron chi connectivity index (χ3n) is 4.66. The Morgan fingerprint density at radius 3 is 2.31 bits per heavy atom. The van der Waals surface area contributed by atoms with Gasteiger partial charge in [-0.25, -0.2) is 9.71 Å². The fraction of sp³-hybridized carbons (Fsp3) is 0.318. The number of nitrogens with zero attached hydrogens (tertiary/aromatic N) is 3. The second-order valence-electron chi connectivity index (χ2n) is 8.63. The standard InChI is InChI=1S/C22H27N5O4S/c1-13-10-14(2)19(15(3)11-13)31-21-16(12-27(25-21)22(4,5)6)20(28)26-32(29,30)18-9-7-8-17(23)24-18/h7-12H,1-6H3,(H2,23,24)(H,26,28). The fourth-order valence-corrected chi connectivity index (χ4v) is 4.11. The first kappa shape index (κ1) is 23.3. The second-order valence-corrected chi connectivity index (χ2v) is 10.3. The number of aromatic nitrogens is 3. The molecule has 0 aliphatic heterocycles. The number of benzene rings is 1. The van der Waals surface area contributed by atoms with Crippen LogP contribution in [0.4, 0.5) is 5.82 Å². The van der Waals surface area contributed by atoms with Crippen LogP contribution in [0.5, 0.6) is 11.6 Å². The molecule has 0 spiro atoms. The third kappa shape index (κ3) is 4.91. The maximum absolute atomic E-state index is 13.0. The van der Waals surface area contributed by atoms with Crippen molar-refractivity contribution in [2.45, 2.75) is 52.1 Å². The predicted octanol–water partition coefficient (Wildman–Crippen LogP) is 3.45. The molecule has 3 N–H and O–H groups in total. The first-order valence-electron chi connectivity index (χ1n) is 9.93. The Labute approximate surface area is 187 Å². The van der Waals surface area contributed by atoms with Gasteiger partial charge in [-0.2, -0.15) is 8.42 Å². The minimum Gasteiger partial charge on any atom is -0.436 e. The van der Waals surface area contributed by atoms with E-state index in [2.05, 4.69) is 10.1 Å². The molecule has 0 aliphatic rings. The molecule has 0 fully saturated rings. The van der Waals surface area contributed by atoms with Gasteiger partial charge in [0, 0.05) is 6.20 Å². The summed E-state index contributed by atoms with van der Waals surface area (Å²) >= 11 is 0. The highest BCUT2D eigenvalue weighted by Crippen LogP contribution is 2.32. The molecule has 0 saturated carbocycles. The van der Waals surface area contributed by atoms with Crippen LogP contribution in [0.15, 0.2) is 41.6 Å². The number of hydrogen-bond donors (Lipinski definition) is 2. The van der Waals surface area contributed by atoms with Crippen molar-refractivity contribution in [1.29, 1.82) is 0 Å². The summed E-state index contributed by atoms with van der Waals surface area (Å²) < 4.78 is 35.0. The number of pyridine rings is 1. The van der Waals surface area contributed by atoms with Crippen molar-refractivity contribution >= 4 is 21.7 Å². The quantitative estimate of drug-likeness (QED) is 0.600. The van der Waals surface area contributed by atoms with Crippen LogP contribution in [0, 0.1) is 20.8 Å². The van der Waals surface area contributed by atoms with Gasteiger partial charge in [-0.05, 0) is 64.8 Å². The lowest BCUT2D eigenvalue weighted by Crippen LogP contribution is -2.31. The molecule has 3 aromatic rings. The molecule has 2 heterocycles. The number of aryl methyl sites for hydroxylation is 3. The Morgan fingerprint density at radius 1 is 1.12 bits per heavy atom. The molecular formula is C22H27N5O4S. The Balaban J connectivity index is 2.02. The molecule has 2 aromatic heterocycles. The monoisotopic (exact) mass is 457 g/mol. The lowest BCUT2D eigenvalue weighted by Gasteiger charge is -2.18. The van der Waals surface area contributed by atoms with Crippen LogP contribution in [-0.2, 0) is 15.6 Å². The van der Waals surface area contributed by atoms with Crippen molar-refractivity contribution in [2.24, 2.45) is 0 Å². The van der Waals surface area contributed by atoms with Gasteiger partial charge in [0.05, 0.1) is 5.54 Å². The Bertz CT molecular complexity index is 1270. The number of hydrogen-bond acceptors (Lipinski definition) is 7. The lowest BCUT2D eigenvalue weighted by atomic mass is 10.1. The molecule has 0 aliphatic carbocycles. The van der Waals surface area contributed by atoms with Crippen molar-refractivity contribution in [3.8, 4) is 11.6 Å². The van der Waals surface area contributed by atoms with Gasteiger partial charge >= 0.3 is 0 Å². The van der Waals surface area contributed by atoms with Crippen LogP contribution in [0.3, 0.4) is 0 Å². The predicted molar refractivity (Wildman–Crippen MR) is 121 cm³/mol. The molecule has 1 amide bonds. The van der Waals surface area contributed by atoms with Gasteiger partial charge in [-0.15, -0.1) is 5.10 Å². The lowest BCUT2D eigenvalue weighted by molar-refractivity contribution is 0.0979. The van der Waals surface area contributed by atoms with Crippen molar-refractivity contribution in [2.75, 3.05) is 5.73 Å². The Hall–Kier alpha value is -3.40. The molecule has 0 atom stereocenters. The third-order valence-corrected chi connectivity index (χ3v) is 5.90. The number of carbonyl (C=O) groups is 1. The first-order chi connectivity index (χ1) is 14.8. The average Bonchev–Trinajstić information content (AvgIpc) is 3.09. The maximum atomic E-state index is 13.0. The summed E-state index contributed by atoms with van der Waals surface area (Å²) in [6.45, 7) is 11.5. The summed E-state index contributed by atoms with van der Waals surface area (Å²) in [5.74, 6) is -0.301. The minimum atomic E-state index is -4.25. The number of nitrogen functional groups attached to an aromatic ring is 1. The fourth-order valence-electron chi connectivity index (χ4n) is 3.17. The van der Waals surface area contributed by atoms with E-state index in [1.165, 1.54) is 24.4 Å². The highest BCUT2D eigenvalue weighted by Gasteiger charge is 2.28. The van der Waals surface area contributed by atoms with Crippen LogP contribution in [0.1, 0.15) is 47.8 Å². The molecule has 9 nitrogen and oxygen atoms in total. The van der Waals surface area contributed by atoms with E-state index in [4.69, 9.17) is 10.5 Å². The number of amides is 1. The van der Waals surface area contributed by atoms with E-state index >= 15 is 0 Å². The summed E-state index contributed by atoms with van der Waals surface area (Å²) in [6, 6.07) is 8.06. The highest BCUT2D eigenvalue weighted by molar-refractivity contribution is 7.90. The van der Waals surface area contributed by atoms with Crippen molar-refractivity contribution in [3.05, 3.63) is 58.8 Å². The number of ether oxygens (including phenoxy) is 1. The van der Waals surface area contributed by atoms with Gasteiger partial charge in [0.2, 0.25) is 0 Å². The number of carbonyl (C=O) groups excluding carboxylic acids is 1. The number of nitrogens with one attached hydrogen (secondary N) is 1. The summed E-state index contributed by atoms with van der Waals surface area (Å²) in [6.07, 6.45) is 1.46. The van der Waals surface area contributed by atoms with Crippen LogP contribution >= 0.6 is 0 Å². The Morgan fingerprint density at radius 2 is 1.75 bits per heavy atom. The van der Waals surface area contributed by atoms with E-state index in [-0.39, 0.29) is 22.3 Å². The summed E-state index contributed by atoms with van der Waals surface area (Å²) in [4.78, 5) is 16.8. The molecule has 32 heavy (non-hydrogen) atoms. The average molecular weight is 458 g/mol. The number of sulfonamides is 1. The smallest absolute Gasteiger partial charge is 0.281 e. The number of anilines is 1. The maximum Gasteiger partial charge on any atom is 0.281 e. The SMILES string of the molecule is Cc1cc(C)c(Oc2nn(C(C)(C)C)cc2C(=O)NS(=O)(=O)c2cccc(N)n2)c(C)c1. The van der Waals surface area contributed by atoms with E-state index in [1.807, 2.05) is 58.4 Å². The minimum absolute atomic E-state index is 0.00297. The van der Waals surface area contributed by atoms with Crippen molar-refractivity contribution < 1.29 is 17.9 Å². The van der Waals surface area contributed by atoms with Gasteiger partial charge in [-0.1, -0.05) is 23.8 Å². The largest absolute Gasteiger partial charge is 0.436 e. The van der Waals surface area contributed by atoms with E-state index in [0.717, 1.165) is 16.7 Å². The molecular weight excluding hydrogens is 430 g/mol. The molecule has 10 heteroatoms. The molecule has 3 rings (SSSR count). The van der Waals surface area contributed by atoms with Crippen LogP contribution in [0.25, 0.3) is 0 Å². The van der Waals surface area contributed by atoms with E-state index < -0.39 is 21.5 Å². The van der Waals surface area contributed by atoms with Crippen LogP contribution < -0.4 is 15.2 Å². The highest BCUT2D eigenvalue weighted by atomic mass is 32.2. The molecule has 170 valence electrons. The van der Waals surface area contributed by atoms with Gasteiger partial charge in [0.15, 0.2) is 5.03 Å².